The van der Waals surface area contributed by atoms with E-state index in [0.717, 1.165) is 6.07 Å². The summed E-state index contributed by atoms with van der Waals surface area (Å²) in [4.78, 5) is 33.0. The number of ether oxygens (including phenoxy) is 1. The molecule has 0 aromatic carbocycles. The van der Waals surface area contributed by atoms with Crippen LogP contribution in [0.3, 0.4) is 0 Å². The first-order chi connectivity index (χ1) is 7.13. The molecule has 0 amide bonds. The van der Waals surface area contributed by atoms with E-state index in [2.05, 4.69) is 4.74 Å². The number of methoxy groups -OCH3 is 1. The van der Waals surface area contributed by atoms with Gasteiger partial charge < -0.3 is 9.15 Å². The molecule has 0 spiro atoms. The molecule has 80 valence electrons. The minimum absolute atomic E-state index is 0.00468. The molecule has 5 nitrogen and oxygen atoms in total. The van der Waals surface area contributed by atoms with Gasteiger partial charge in [0.1, 0.15) is 11.3 Å². The number of rotatable bonds is 3. The van der Waals surface area contributed by atoms with Crippen molar-refractivity contribution in [2.24, 2.45) is 0 Å². The topological polar surface area (TPSA) is 73.6 Å². The van der Waals surface area contributed by atoms with E-state index in [1.807, 2.05) is 0 Å². The maximum absolute atomic E-state index is 11.3. The minimum Gasteiger partial charge on any atom is -0.465 e. The first kappa shape index (κ1) is 11.2. The van der Waals surface area contributed by atoms with E-state index in [9.17, 15) is 14.4 Å². The fraction of sp³-hybridized carbons (Fsp3) is 0.300. The van der Waals surface area contributed by atoms with Gasteiger partial charge in [0, 0.05) is 18.1 Å². The van der Waals surface area contributed by atoms with Gasteiger partial charge in [-0.2, -0.15) is 0 Å². The Balaban J connectivity index is 3.50. The first-order valence-electron chi connectivity index (χ1n) is 4.34. The summed E-state index contributed by atoms with van der Waals surface area (Å²) in [7, 11) is 1.20. The Morgan fingerprint density at radius 3 is 2.73 bits per heavy atom. The molecule has 0 saturated carbocycles. The molecule has 0 atom stereocenters. The van der Waals surface area contributed by atoms with Crippen LogP contribution in [0.2, 0.25) is 0 Å². The smallest absolute Gasteiger partial charge is 0.342 e. The number of hydrogen-bond donors (Lipinski definition) is 0. The predicted molar refractivity (Wildman–Crippen MR) is 51.1 cm³/mol. The van der Waals surface area contributed by atoms with Gasteiger partial charge in [-0.15, -0.1) is 0 Å². The van der Waals surface area contributed by atoms with Crippen molar-refractivity contribution in [1.82, 2.24) is 0 Å². The monoisotopic (exact) mass is 210 g/mol. The fourth-order valence-electron chi connectivity index (χ4n) is 1.24. The van der Waals surface area contributed by atoms with Crippen LogP contribution in [0.1, 0.15) is 33.4 Å². The van der Waals surface area contributed by atoms with Crippen LogP contribution in [-0.4, -0.2) is 19.4 Å². The lowest BCUT2D eigenvalue weighted by molar-refractivity contribution is 0.0593. The van der Waals surface area contributed by atoms with Crippen LogP contribution in [0.5, 0.6) is 0 Å². The minimum atomic E-state index is -0.683. The van der Waals surface area contributed by atoms with Gasteiger partial charge in [-0.05, 0) is 0 Å². The van der Waals surface area contributed by atoms with E-state index in [1.165, 1.54) is 7.11 Å². The summed E-state index contributed by atoms with van der Waals surface area (Å²) in [5.74, 6) is -0.519. The summed E-state index contributed by atoms with van der Waals surface area (Å²) < 4.78 is 9.31. The van der Waals surface area contributed by atoms with E-state index >= 15 is 0 Å². The van der Waals surface area contributed by atoms with Crippen molar-refractivity contribution in [3.05, 3.63) is 33.4 Å². The average molecular weight is 210 g/mol. The van der Waals surface area contributed by atoms with Crippen molar-refractivity contribution in [3.63, 3.8) is 0 Å². The first-order valence-corrected chi connectivity index (χ1v) is 4.34. The Kier molecular flexibility index (Phi) is 3.38. The molecule has 1 aromatic heterocycles. The molecule has 1 rings (SSSR count). The maximum Gasteiger partial charge on any atom is 0.342 e. The third-order valence-electron chi connectivity index (χ3n) is 1.90. The standard InChI is InChI=1S/C10H10O5/c1-3-7-9(10(13)14-2)6(5-11)4-8(12)15-7/h4-5H,3H2,1-2H3. The molecular weight excluding hydrogens is 200 g/mol. The predicted octanol–water partition coefficient (Wildman–Crippen LogP) is 0.801. The summed E-state index contributed by atoms with van der Waals surface area (Å²) in [5.41, 5.74) is -0.633. The molecule has 5 heteroatoms. The Morgan fingerprint density at radius 1 is 1.60 bits per heavy atom. The molecule has 0 aliphatic rings. The van der Waals surface area contributed by atoms with Gasteiger partial charge in [-0.1, -0.05) is 6.92 Å². The van der Waals surface area contributed by atoms with Crippen LogP contribution >= 0.6 is 0 Å². The van der Waals surface area contributed by atoms with Crippen molar-refractivity contribution in [3.8, 4) is 0 Å². The molecule has 0 unspecified atom stereocenters. The number of carbonyl (C=O) groups excluding carboxylic acids is 2. The van der Waals surface area contributed by atoms with E-state index in [-0.39, 0.29) is 16.9 Å². The van der Waals surface area contributed by atoms with Gasteiger partial charge in [0.2, 0.25) is 0 Å². The Morgan fingerprint density at radius 2 is 2.27 bits per heavy atom. The number of esters is 1. The van der Waals surface area contributed by atoms with Gasteiger partial charge in [0.15, 0.2) is 6.29 Å². The van der Waals surface area contributed by atoms with Crippen LogP contribution < -0.4 is 5.63 Å². The van der Waals surface area contributed by atoms with Crippen molar-refractivity contribution in [2.75, 3.05) is 7.11 Å². The van der Waals surface area contributed by atoms with Gasteiger partial charge in [0.25, 0.3) is 0 Å². The van der Waals surface area contributed by atoms with Gasteiger partial charge in [-0.25, -0.2) is 9.59 Å². The number of aryl methyl sites for hydroxylation is 1. The maximum atomic E-state index is 11.3. The van der Waals surface area contributed by atoms with Crippen LogP contribution in [0, 0.1) is 0 Å². The Bertz CT molecular complexity index is 444. The highest BCUT2D eigenvalue weighted by molar-refractivity contribution is 5.98. The summed E-state index contributed by atoms with van der Waals surface area (Å²) in [6, 6.07) is 0.971. The van der Waals surface area contributed by atoms with Crippen LogP contribution in [0.25, 0.3) is 0 Å². The molecule has 0 aliphatic heterocycles. The van der Waals surface area contributed by atoms with Crippen molar-refractivity contribution in [1.29, 1.82) is 0 Å². The average Bonchev–Trinajstić information content (AvgIpc) is 2.26. The lowest BCUT2D eigenvalue weighted by atomic mass is 10.1. The summed E-state index contributed by atoms with van der Waals surface area (Å²) >= 11 is 0. The third-order valence-corrected chi connectivity index (χ3v) is 1.90. The highest BCUT2D eigenvalue weighted by atomic mass is 16.5. The van der Waals surface area contributed by atoms with Crippen LogP contribution in [-0.2, 0) is 11.2 Å². The fourth-order valence-corrected chi connectivity index (χ4v) is 1.24. The molecule has 0 saturated heterocycles. The summed E-state index contributed by atoms with van der Waals surface area (Å²) in [5, 5.41) is 0. The lowest BCUT2D eigenvalue weighted by Gasteiger charge is -2.05. The molecule has 0 N–H and O–H groups in total. The van der Waals surface area contributed by atoms with E-state index in [4.69, 9.17) is 4.42 Å². The van der Waals surface area contributed by atoms with Gasteiger partial charge >= 0.3 is 11.6 Å². The quantitative estimate of drug-likeness (QED) is 0.545. The van der Waals surface area contributed by atoms with Crippen LogP contribution in [0.4, 0.5) is 0 Å². The summed E-state index contributed by atoms with van der Waals surface area (Å²) in [6.07, 6.45) is 0.768. The second kappa shape index (κ2) is 4.54. The third kappa shape index (κ3) is 2.12. The second-order valence-electron chi connectivity index (χ2n) is 2.78. The lowest BCUT2D eigenvalue weighted by Crippen LogP contribution is -2.14. The van der Waals surface area contributed by atoms with E-state index in [0.29, 0.717) is 12.7 Å². The van der Waals surface area contributed by atoms with E-state index < -0.39 is 11.6 Å². The molecule has 0 radical (unpaired) electrons. The zero-order valence-electron chi connectivity index (χ0n) is 8.40. The van der Waals surface area contributed by atoms with E-state index in [1.54, 1.807) is 6.92 Å². The molecule has 0 fully saturated rings. The normalized spacial score (nSPS) is 9.73. The van der Waals surface area contributed by atoms with Gasteiger partial charge in [-0.3, -0.25) is 4.79 Å². The van der Waals surface area contributed by atoms with Crippen molar-refractivity contribution in [2.45, 2.75) is 13.3 Å². The summed E-state index contributed by atoms with van der Waals surface area (Å²) in [6.45, 7) is 1.71. The SMILES string of the molecule is CCc1oc(=O)cc(C=O)c1C(=O)OC. The molecular formula is C10H10O5. The van der Waals surface area contributed by atoms with Gasteiger partial charge in [0.05, 0.1) is 7.11 Å². The zero-order valence-corrected chi connectivity index (χ0v) is 8.40. The molecule has 1 aromatic rings. The Labute approximate surface area is 85.7 Å². The highest BCUT2D eigenvalue weighted by Gasteiger charge is 2.19. The van der Waals surface area contributed by atoms with Crippen molar-refractivity contribution >= 4 is 12.3 Å². The number of hydrogen-bond acceptors (Lipinski definition) is 5. The molecule has 0 bridgehead atoms. The zero-order chi connectivity index (χ0) is 11.4. The molecule has 15 heavy (non-hydrogen) atoms. The number of carbonyl (C=O) groups is 2. The van der Waals surface area contributed by atoms with Crippen molar-refractivity contribution < 1.29 is 18.7 Å². The highest BCUT2D eigenvalue weighted by Crippen LogP contribution is 2.13. The number of aldehydes is 1. The molecule has 1 heterocycles. The van der Waals surface area contributed by atoms with Crippen LogP contribution in [0.15, 0.2) is 15.3 Å². The Hall–Kier alpha value is -1.91. The molecule has 0 aliphatic carbocycles. The largest absolute Gasteiger partial charge is 0.465 e. The second-order valence-corrected chi connectivity index (χ2v) is 2.78.